The lowest BCUT2D eigenvalue weighted by molar-refractivity contribution is 0.181. The van der Waals surface area contributed by atoms with Crippen molar-refractivity contribution in [2.75, 3.05) is 30.4 Å². The Labute approximate surface area is 177 Å². The van der Waals surface area contributed by atoms with Crippen molar-refractivity contribution in [2.45, 2.75) is 50.8 Å². The Morgan fingerprint density at radius 3 is 2.64 bits per heavy atom. The molecule has 4 N–H and O–H groups in total. The van der Waals surface area contributed by atoms with Crippen LogP contribution in [0.5, 0.6) is 0 Å². The molecule has 3 heterocycles. The molecule has 0 unspecified atom stereocenters. The summed E-state index contributed by atoms with van der Waals surface area (Å²) < 4.78 is 5.11. The number of methoxy groups -OCH3 is 1. The molecule has 156 valence electrons. The van der Waals surface area contributed by atoms with Crippen molar-refractivity contribution in [3.63, 3.8) is 0 Å². The van der Waals surface area contributed by atoms with Gasteiger partial charge in [-0.25, -0.2) is 4.98 Å². The van der Waals surface area contributed by atoms with Crippen molar-refractivity contribution in [3.8, 4) is 0 Å². The van der Waals surface area contributed by atoms with Crippen molar-refractivity contribution >= 4 is 36.6 Å². The highest BCUT2D eigenvalue weighted by Crippen LogP contribution is 2.36. The van der Waals surface area contributed by atoms with E-state index >= 15 is 0 Å². The van der Waals surface area contributed by atoms with E-state index in [1.54, 1.807) is 7.11 Å². The fourth-order valence-electron chi connectivity index (χ4n) is 3.62. The minimum Gasteiger partial charge on any atom is -0.378 e. The van der Waals surface area contributed by atoms with Crippen molar-refractivity contribution < 1.29 is 4.74 Å². The lowest BCUT2D eigenvalue weighted by Gasteiger charge is -2.32. The zero-order valence-corrected chi connectivity index (χ0v) is 17.7. The van der Waals surface area contributed by atoms with Crippen LogP contribution in [-0.4, -0.2) is 46.4 Å². The lowest BCUT2D eigenvalue weighted by atomic mass is 9.78. The van der Waals surface area contributed by atoms with Gasteiger partial charge in [0.05, 0.1) is 30.2 Å². The van der Waals surface area contributed by atoms with Gasteiger partial charge in [-0.3, -0.25) is 5.10 Å². The molecule has 1 aliphatic heterocycles. The number of aromatic amines is 1. The largest absolute Gasteiger partial charge is 0.378 e. The normalized spacial score (nSPS) is 20.9. The fraction of sp³-hybridized carbons (Fsp3) is 0.611. The van der Waals surface area contributed by atoms with Gasteiger partial charge in [-0.1, -0.05) is 0 Å². The average molecular weight is 430 g/mol. The maximum atomic E-state index is 5.98. The number of H-pyrrole nitrogens is 1. The summed E-state index contributed by atoms with van der Waals surface area (Å²) in [7, 11) is 1.67. The first kappa shape index (κ1) is 22.7. The summed E-state index contributed by atoms with van der Waals surface area (Å²) in [6.45, 7) is 3.22. The molecule has 1 saturated carbocycles. The zero-order chi connectivity index (χ0) is 17.9. The van der Waals surface area contributed by atoms with E-state index in [1.807, 2.05) is 6.07 Å². The number of nitrogens with one attached hydrogen (secondary N) is 2. The van der Waals surface area contributed by atoms with Gasteiger partial charge < -0.3 is 20.7 Å². The quantitative estimate of drug-likeness (QED) is 0.620. The van der Waals surface area contributed by atoms with Gasteiger partial charge in [0.25, 0.3) is 0 Å². The van der Waals surface area contributed by atoms with E-state index in [0.29, 0.717) is 25.1 Å². The molecule has 1 aliphatic carbocycles. The number of ether oxygens (including phenoxy) is 1. The first-order valence-electron chi connectivity index (χ1n) is 9.36. The second-order valence-corrected chi connectivity index (χ2v) is 7.27. The van der Waals surface area contributed by atoms with Gasteiger partial charge in [-0.15, -0.1) is 24.8 Å². The average Bonchev–Trinajstić information content (AvgIpc) is 3.29. The number of nitrogens with two attached hydrogens (primary N) is 1. The van der Waals surface area contributed by atoms with E-state index in [4.69, 9.17) is 20.4 Å². The van der Waals surface area contributed by atoms with Gasteiger partial charge in [-0.05, 0) is 31.7 Å². The number of rotatable bonds is 7. The molecule has 28 heavy (non-hydrogen) atoms. The van der Waals surface area contributed by atoms with E-state index in [2.05, 4.69) is 26.5 Å². The van der Waals surface area contributed by atoms with Crippen LogP contribution in [0, 0.1) is 0 Å². The molecule has 0 bridgehead atoms. The highest BCUT2D eigenvalue weighted by molar-refractivity contribution is 5.85. The van der Waals surface area contributed by atoms with E-state index < -0.39 is 0 Å². The number of aromatic nitrogens is 4. The Morgan fingerprint density at radius 2 is 1.96 bits per heavy atom. The summed E-state index contributed by atoms with van der Waals surface area (Å²) in [5.41, 5.74) is 8.98. The highest BCUT2D eigenvalue weighted by Gasteiger charge is 2.30. The summed E-state index contributed by atoms with van der Waals surface area (Å²) in [6, 6.07) is 4.39. The molecule has 2 aliphatic rings. The Morgan fingerprint density at radius 1 is 1.21 bits per heavy atom. The van der Waals surface area contributed by atoms with Crippen molar-refractivity contribution in [2.24, 2.45) is 5.73 Å². The molecule has 8 nitrogen and oxygen atoms in total. The summed E-state index contributed by atoms with van der Waals surface area (Å²) in [5.74, 6) is 2.16. The molecule has 1 saturated heterocycles. The van der Waals surface area contributed by atoms with Gasteiger partial charge >= 0.3 is 0 Å². The Bertz CT molecular complexity index is 745. The van der Waals surface area contributed by atoms with Crippen LogP contribution in [0.25, 0.3) is 0 Å². The predicted molar refractivity (Wildman–Crippen MR) is 115 cm³/mol. The minimum atomic E-state index is 0. The van der Waals surface area contributed by atoms with Gasteiger partial charge in [0.2, 0.25) is 5.95 Å². The molecule has 0 aromatic carbocycles. The second kappa shape index (κ2) is 10.2. The topological polar surface area (TPSA) is 105 Å². The van der Waals surface area contributed by atoms with Crippen LogP contribution in [0.4, 0.5) is 11.8 Å². The van der Waals surface area contributed by atoms with E-state index in [0.717, 1.165) is 54.8 Å². The summed E-state index contributed by atoms with van der Waals surface area (Å²) >= 11 is 0. The Kier molecular flexibility index (Phi) is 8.30. The standard InChI is InChI=1S/C18H27N7O.2ClH/c1-26-11-15-8-14(23-24-15)10-20-17-9-16(12-6-13(19)7-12)21-18(22-17)25-4-2-3-5-25;;/h8-9,12-13H,2-7,10-11,19H2,1H3,(H,23,24)(H,20,21,22);2*1H. The van der Waals surface area contributed by atoms with Crippen molar-refractivity contribution in [1.82, 2.24) is 20.2 Å². The van der Waals surface area contributed by atoms with Crippen molar-refractivity contribution in [3.05, 3.63) is 29.2 Å². The van der Waals surface area contributed by atoms with Crippen molar-refractivity contribution in [1.29, 1.82) is 0 Å². The van der Waals surface area contributed by atoms with Gasteiger partial charge in [0.15, 0.2) is 0 Å². The van der Waals surface area contributed by atoms with Gasteiger partial charge in [-0.2, -0.15) is 10.1 Å². The molecule has 4 rings (SSSR count). The zero-order valence-electron chi connectivity index (χ0n) is 16.1. The first-order valence-corrected chi connectivity index (χ1v) is 9.36. The van der Waals surface area contributed by atoms with E-state index in [-0.39, 0.29) is 24.8 Å². The smallest absolute Gasteiger partial charge is 0.227 e. The molecule has 0 spiro atoms. The van der Waals surface area contributed by atoms with Crippen LogP contribution in [0.15, 0.2) is 12.1 Å². The third-order valence-electron chi connectivity index (χ3n) is 5.15. The summed E-state index contributed by atoms with van der Waals surface area (Å²) in [6.07, 6.45) is 4.44. The highest BCUT2D eigenvalue weighted by atomic mass is 35.5. The fourth-order valence-corrected chi connectivity index (χ4v) is 3.62. The Hall–Kier alpha value is -1.61. The maximum absolute atomic E-state index is 5.98. The van der Waals surface area contributed by atoms with Crippen LogP contribution >= 0.6 is 24.8 Å². The first-order chi connectivity index (χ1) is 12.7. The number of nitrogens with zero attached hydrogens (tertiary/aromatic N) is 4. The number of hydrogen-bond donors (Lipinski definition) is 3. The maximum Gasteiger partial charge on any atom is 0.227 e. The summed E-state index contributed by atoms with van der Waals surface area (Å²) in [4.78, 5) is 11.9. The number of anilines is 2. The summed E-state index contributed by atoms with van der Waals surface area (Å²) in [5, 5.41) is 10.7. The SMILES string of the molecule is COCc1cc(CNc2cc(C3CC(N)C3)nc(N3CCCC3)n2)[nH]n1.Cl.Cl. The van der Waals surface area contributed by atoms with Crippen LogP contribution < -0.4 is 16.0 Å². The predicted octanol–water partition coefficient (Wildman–Crippen LogP) is 2.61. The second-order valence-electron chi connectivity index (χ2n) is 7.27. The lowest BCUT2D eigenvalue weighted by Crippen LogP contribution is -2.35. The Balaban J connectivity index is 0.00000140. The van der Waals surface area contributed by atoms with E-state index in [1.165, 1.54) is 12.8 Å². The molecule has 2 fully saturated rings. The molecule has 10 heteroatoms. The molecular formula is C18H29Cl2N7O. The minimum absolute atomic E-state index is 0. The molecule has 2 aromatic rings. The van der Waals surface area contributed by atoms with Gasteiger partial charge in [0, 0.05) is 38.2 Å². The number of hydrogen-bond acceptors (Lipinski definition) is 7. The van der Waals surface area contributed by atoms with Crippen LogP contribution in [0.1, 0.15) is 48.7 Å². The third kappa shape index (κ3) is 5.26. The monoisotopic (exact) mass is 429 g/mol. The third-order valence-corrected chi connectivity index (χ3v) is 5.15. The van der Waals surface area contributed by atoms with Crippen LogP contribution in [0.2, 0.25) is 0 Å². The molecule has 0 amide bonds. The molecular weight excluding hydrogens is 401 g/mol. The molecule has 0 radical (unpaired) electrons. The molecule has 2 aromatic heterocycles. The van der Waals surface area contributed by atoms with Crippen LogP contribution in [0.3, 0.4) is 0 Å². The molecule has 0 atom stereocenters. The van der Waals surface area contributed by atoms with E-state index in [9.17, 15) is 0 Å². The van der Waals surface area contributed by atoms with Crippen LogP contribution in [-0.2, 0) is 17.9 Å². The number of halogens is 2. The van der Waals surface area contributed by atoms with Gasteiger partial charge in [0.1, 0.15) is 5.82 Å².